The zero-order valence-corrected chi connectivity index (χ0v) is 17.6. The van der Waals surface area contributed by atoms with Gasteiger partial charge in [-0.15, -0.1) is 0 Å². The van der Waals surface area contributed by atoms with Gasteiger partial charge in [0.2, 0.25) is 5.91 Å². The number of hydrogen-bond donors (Lipinski definition) is 2. The molecule has 2 aromatic carbocycles. The molecule has 0 bridgehead atoms. The second-order valence-electron chi connectivity index (χ2n) is 6.90. The van der Waals surface area contributed by atoms with Crippen LogP contribution in [-0.4, -0.2) is 23.4 Å². The van der Waals surface area contributed by atoms with E-state index in [2.05, 4.69) is 15.6 Å². The molecule has 150 valence electrons. The number of rotatable bonds is 6. The van der Waals surface area contributed by atoms with Crippen LogP contribution >= 0.6 is 11.3 Å². The van der Waals surface area contributed by atoms with Crippen molar-refractivity contribution in [2.24, 2.45) is 0 Å². The van der Waals surface area contributed by atoms with Crippen molar-refractivity contribution in [3.8, 4) is 17.0 Å². The first-order valence-corrected chi connectivity index (χ1v) is 9.98. The molecular formula is C22H23N3O3S. The monoisotopic (exact) mass is 409 g/mol. The van der Waals surface area contributed by atoms with Gasteiger partial charge in [-0.2, -0.15) is 0 Å². The van der Waals surface area contributed by atoms with Crippen LogP contribution < -0.4 is 15.4 Å². The van der Waals surface area contributed by atoms with Crippen molar-refractivity contribution >= 4 is 33.3 Å². The summed E-state index contributed by atoms with van der Waals surface area (Å²) in [4.78, 5) is 28.4. The van der Waals surface area contributed by atoms with E-state index >= 15 is 0 Å². The van der Waals surface area contributed by atoms with Gasteiger partial charge in [-0.05, 0) is 44.0 Å². The summed E-state index contributed by atoms with van der Waals surface area (Å²) in [5.74, 6) is 0.136. The van der Waals surface area contributed by atoms with Gasteiger partial charge in [0.15, 0.2) is 11.7 Å². The standard InChI is InChI=1S/C22H23N3O3S/c1-13-5-7-17(8-6-13)20-21(23-16(4)26)29-22(25-20)24-19(27)12-28-18-10-14(2)9-15(3)11-18/h5-11H,12H2,1-4H3,(H,23,26)(H,24,25,27). The molecule has 3 aromatic rings. The number of ether oxygens (including phenoxy) is 1. The van der Waals surface area contributed by atoms with Crippen LogP contribution in [0, 0.1) is 20.8 Å². The number of hydrogen-bond acceptors (Lipinski definition) is 5. The van der Waals surface area contributed by atoms with E-state index in [-0.39, 0.29) is 18.4 Å². The Hall–Kier alpha value is -3.19. The van der Waals surface area contributed by atoms with E-state index < -0.39 is 0 Å². The van der Waals surface area contributed by atoms with Crippen molar-refractivity contribution in [1.82, 2.24) is 4.98 Å². The number of anilines is 2. The number of aryl methyl sites for hydroxylation is 3. The van der Waals surface area contributed by atoms with Gasteiger partial charge in [-0.3, -0.25) is 14.9 Å². The zero-order chi connectivity index (χ0) is 21.0. The number of amides is 2. The summed E-state index contributed by atoms with van der Waals surface area (Å²) in [5.41, 5.74) is 4.76. The molecule has 3 rings (SSSR count). The molecule has 2 N–H and O–H groups in total. The van der Waals surface area contributed by atoms with Crippen molar-refractivity contribution in [3.63, 3.8) is 0 Å². The molecule has 2 amide bonds. The summed E-state index contributed by atoms with van der Waals surface area (Å²) >= 11 is 1.21. The molecule has 0 saturated heterocycles. The van der Waals surface area contributed by atoms with Gasteiger partial charge in [0.25, 0.3) is 5.91 Å². The van der Waals surface area contributed by atoms with Gasteiger partial charge < -0.3 is 10.1 Å². The number of nitrogens with zero attached hydrogens (tertiary/aromatic N) is 1. The van der Waals surface area contributed by atoms with Gasteiger partial charge in [0.1, 0.15) is 16.4 Å². The Morgan fingerprint density at radius 2 is 1.62 bits per heavy atom. The summed E-state index contributed by atoms with van der Waals surface area (Å²) in [6, 6.07) is 13.6. The molecule has 0 radical (unpaired) electrons. The largest absolute Gasteiger partial charge is 0.484 e. The lowest BCUT2D eigenvalue weighted by Gasteiger charge is -2.07. The quantitative estimate of drug-likeness (QED) is 0.618. The van der Waals surface area contributed by atoms with E-state index in [1.807, 2.05) is 63.2 Å². The second kappa shape index (κ2) is 8.87. The van der Waals surface area contributed by atoms with E-state index in [1.165, 1.54) is 18.3 Å². The molecule has 1 heterocycles. The van der Waals surface area contributed by atoms with Crippen molar-refractivity contribution in [2.45, 2.75) is 27.7 Å². The van der Waals surface area contributed by atoms with E-state index in [4.69, 9.17) is 4.74 Å². The van der Waals surface area contributed by atoms with Crippen LogP contribution in [0.2, 0.25) is 0 Å². The highest BCUT2D eigenvalue weighted by Gasteiger charge is 2.16. The van der Waals surface area contributed by atoms with Gasteiger partial charge in [-0.25, -0.2) is 4.98 Å². The fourth-order valence-corrected chi connectivity index (χ4v) is 3.80. The SMILES string of the molecule is CC(=O)Nc1sc(NC(=O)COc2cc(C)cc(C)c2)nc1-c1ccc(C)cc1. The predicted octanol–water partition coefficient (Wildman–Crippen LogP) is 4.71. The van der Waals surface area contributed by atoms with E-state index in [1.54, 1.807) is 0 Å². The Bertz CT molecular complexity index is 1020. The number of benzene rings is 2. The van der Waals surface area contributed by atoms with Crippen LogP contribution in [0.25, 0.3) is 11.3 Å². The first-order valence-electron chi connectivity index (χ1n) is 9.16. The molecule has 0 aliphatic heterocycles. The molecule has 0 atom stereocenters. The molecule has 0 saturated carbocycles. The predicted molar refractivity (Wildman–Crippen MR) is 117 cm³/mol. The van der Waals surface area contributed by atoms with Crippen molar-refractivity contribution < 1.29 is 14.3 Å². The smallest absolute Gasteiger partial charge is 0.264 e. The van der Waals surface area contributed by atoms with Gasteiger partial charge in [-0.1, -0.05) is 47.2 Å². The summed E-state index contributed by atoms with van der Waals surface area (Å²) in [6.45, 7) is 7.27. The molecule has 6 nitrogen and oxygen atoms in total. The Labute approximate surface area is 173 Å². The summed E-state index contributed by atoms with van der Waals surface area (Å²) in [7, 11) is 0. The fourth-order valence-electron chi connectivity index (χ4n) is 2.85. The molecule has 0 unspecified atom stereocenters. The number of carbonyl (C=O) groups excluding carboxylic acids is 2. The second-order valence-corrected chi connectivity index (χ2v) is 7.90. The van der Waals surface area contributed by atoms with Crippen LogP contribution in [0.5, 0.6) is 5.75 Å². The zero-order valence-electron chi connectivity index (χ0n) is 16.8. The van der Waals surface area contributed by atoms with Crippen LogP contribution in [0.1, 0.15) is 23.6 Å². The van der Waals surface area contributed by atoms with Gasteiger partial charge >= 0.3 is 0 Å². The lowest BCUT2D eigenvalue weighted by atomic mass is 10.1. The average Bonchev–Trinajstić information content (AvgIpc) is 3.01. The summed E-state index contributed by atoms with van der Waals surface area (Å²) in [6.07, 6.45) is 0. The molecular weight excluding hydrogens is 386 g/mol. The minimum absolute atomic E-state index is 0.127. The Kier molecular flexibility index (Phi) is 6.29. The third-order valence-electron chi connectivity index (χ3n) is 4.05. The van der Waals surface area contributed by atoms with Crippen molar-refractivity contribution in [3.05, 3.63) is 59.2 Å². The Morgan fingerprint density at radius 3 is 2.24 bits per heavy atom. The molecule has 0 spiro atoms. The van der Waals surface area contributed by atoms with Crippen molar-refractivity contribution in [1.29, 1.82) is 0 Å². The highest BCUT2D eigenvalue weighted by Crippen LogP contribution is 2.36. The average molecular weight is 410 g/mol. The van der Waals surface area contributed by atoms with Crippen LogP contribution in [0.15, 0.2) is 42.5 Å². The molecule has 0 aliphatic rings. The normalized spacial score (nSPS) is 10.5. The number of carbonyl (C=O) groups is 2. The maximum absolute atomic E-state index is 12.3. The van der Waals surface area contributed by atoms with Gasteiger partial charge in [0, 0.05) is 12.5 Å². The number of thiazole rings is 1. The lowest BCUT2D eigenvalue weighted by molar-refractivity contribution is -0.118. The molecule has 1 aromatic heterocycles. The molecule has 0 aliphatic carbocycles. The summed E-state index contributed by atoms with van der Waals surface area (Å²) < 4.78 is 5.60. The van der Waals surface area contributed by atoms with Gasteiger partial charge in [0.05, 0.1) is 0 Å². The van der Waals surface area contributed by atoms with Crippen LogP contribution in [-0.2, 0) is 9.59 Å². The minimum Gasteiger partial charge on any atom is -0.484 e. The Morgan fingerprint density at radius 1 is 0.966 bits per heavy atom. The highest BCUT2D eigenvalue weighted by molar-refractivity contribution is 7.20. The lowest BCUT2D eigenvalue weighted by Crippen LogP contribution is -2.20. The van der Waals surface area contributed by atoms with Crippen LogP contribution in [0.3, 0.4) is 0 Å². The topological polar surface area (TPSA) is 80.3 Å². The van der Waals surface area contributed by atoms with E-state index in [0.717, 1.165) is 22.3 Å². The molecule has 7 heteroatoms. The fraction of sp³-hybridized carbons (Fsp3) is 0.227. The minimum atomic E-state index is -0.317. The number of nitrogens with one attached hydrogen (secondary N) is 2. The third kappa shape index (κ3) is 5.65. The maximum atomic E-state index is 12.3. The Balaban J connectivity index is 1.73. The summed E-state index contributed by atoms with van der Waals surface area (Å²) in [5, 5.41) is 6.52. The van der Waals surface area contributed by atoms with Crippen LogP contribution in [0.4, 0.5) is 10.1 Å². The van der Waals surface area contributed by atoms with E-state index in [9.17, 15) is 9.59 Å². The first kappa shape index (κ1) is 20.5. The maximum Gasteiger partial charge on any atom is 0.264 e. The molecule has 0 fully saturated rings. The first-order chi connectivity index (χ1) is 13.8. The van der Waals surface area contributed by atoms with Crippen molar-refractivity contribution in [2.75, 3.05) is 17.2 Å². The van der Waals surface area contributed by atoms with E-state index in [0.29, 0.717) is 21.6 Å². The third-order valence-corrected chi connectivity index (χ3v) is 4.94. The number of aromatic nitrogens is 1. The highest BCUT2D eigenvalue weighted by atomic mass is 32.1. The molecule has 29 heavy (non-hydrogen) atoms.